The van der Waals surface area contributed by atoms with E-state index in [4.69, 9.17) is 14.2 Å². The Labute approximate surface area is 169 Å². The first-order valence-corrected chi connectivity index (χ1v) is 9.31. The van der Waals surface area contributed by atoms with Crippen molar-refractivity contribution in [1.29, 1.82) is 0 Å². The van der Waals surface area contributed by atoms with E-state index in [1.54, 1.807) is 49.5 Å². The first-order chi connectivity index (χ1) is 14.1. The van der Waals surface area contributed by atoms with Crippen LogP contribution in [0.15, 0.2) is 42.5 Å². The van der Waals surface area contributed by atoms with Gasteiger partial charge >= 0.3 is 6.03 Å². The number of urea groups is 1. The Hall–Kier alpha value is -3.42. The number of likely N-dealkylation sites (tertiary alicyclic amines) is 1. The van der Waals surface area contributed by atoms with Crippen molar-refractivity contribution in [3.05, 3.63) is 42.5 Å². The van der Waals surface area contributed by atoms with E-state index in [0.29, 0.717) is 41.6 Å². The number of benzene rings is 2. The third-order valence-corrected chi connectivity index (χ3v) is 4.82. The van der Waals surface area contributed by atoms with Crippen LogP contribution in [0, 0.1) is 0 Å². The van der Waals surface area contributed by atoms with E-state index < -0.39 is 6.04 Å². The van der Waals surface area contributed by atoms with E-state index in [-0.39, 0.29) is 11.9 Å². The molecular formula is C21H25N3O5. The number of carbonyl (C=O) groups excluding carboxylic acids is 2. The Kier molecular flexibility index (Phi) is 6.43. The summed E-state index contributed by atoms with van der Waals surface area (Å²) in [5.41, 5.74) is 1.13. The van der Waals surface area contributed by atoms with E-state index in [9.17, 15) is 9.59 Å². The number of amides is 3. The molecule has 0 unspecified atom stereocenters. The van der Waals surface area contributed by atoms with E-state index >= 15 is 0 Å². The number of hydrogen-bond acceptors (Lipinski definition) is 5. The average Bonchev–Trinajstić information content (AvgIpc) is 3.24. The van der Waals surface area contributed by atoms with Gasteiger partial charge in [-0.2, -0.15) is 0 Å². The molecule has 8 nitrogen and oxygen atoms in total. The largest absolute Gasteiger partial charge is 0.495 e. The third-order valence-electron chi connectivity index (χ3n) is 4.82. The summed E-state index contributed by atoms with van der Waals surface area (Å²) in [5, 5.41) is 5.69. The normalized spacial score (nSPS) is 15.6. The van der Waals surface area contributed by atoms with Crippen LogP contribution in [0.2, 0.25) is 0 Å². The highest BCUT2D eigenvalue weighted by molar-refractivity contribution is 6.00. The molecule has 3 rings (SSSR count). The SMILES string of the molecule is COc1ccccc1NC(=O)N1CCC[C@H]1C(=O)Nc1ccc(OC)c(OC)c1. The number of rotatable bonds is 6. The van der Waals surface area contributed by atoms with Crippen molar-refractivity contribution in [2.45, 2.75) is 18.9 Å². The molecule has 1 aliphatic heterocycles. The van der Waals surface area contributed by atoms with Crippen LogP contribution in [0.5, 0.6) is 17.2 Å². The minimum atomic E-state index is -0.558. The van der Waals surface area contributed by atoms with Crippen LogP contribution in [-0.4, -0.2) is 50.8 Å². The van der Waals surface area contributed by atoms with Gasteiger partial charge in [-0.05, 0) is 37.1 Å². The van der Waals surface area contributed by atoms with Gasteiger partial charge in [0.25, 0.3) is 0 Å². The molecule has 1 aliphatic rings. The zero-order chi connectivity index (χ0) is 20.8. The summed E-state index contributed by atoms with van der Waals surface area (Å²) < 4.78 is 15.7. The summed E-state index contributed by atoms with van der Waals surface area (Å²) in [6, 6.07) is 11.4. The van der Waals surface area contributed by atoms with Crippen molar-refractivity contribution in [3.8, 4) is 17.2 Å². The number of nitrogens with zero attached hydrogens (tertiary/aromatic N) is 1. The molecule has 1 saturated heterocycles. The minimum absolute atomic E-state index is 0.245. The molecule has 0 saturated carbocycles. The monoisotopic (exact) mass is 399 g/mol. The third kappa shape index (κ3) is 4.53. The molecule has 3 amide bonds. The number of anilines is 2. The van der Waals surface area contributed by atoms with Crippen LogP contribution in [0.4, 0.5) is 16.2 Å². The maximum atomic E-state index is 12.8. The predicted molar refractivity (Wildman–Crippen MR) is 110 cm³/mol. The summed E-state index contributed by atoms with van der Waals surface area (Å²) in [6.07, 6.45) is 1.35. The zero-order valence-electron chi connectivity index (χ0n) is 16.7. The van der Waals surface area contributed by atoms with Gasteiger partial charge in [0.05, 0.1) is 27.0 Å². The molecule has 0 aliphatic carbocycles. The molecule has 0 spiro atoms. The molecule has 0 bridgehead atoms. The topological polar surface area (TPSA) is 89.1 Å². The van der Waals surface area contributed by atoms with Crippen molar-refractivity contribution in [2.75, 3.05) is 38.5 Å². The first-order valence-electron chi connectivity index (χ1n) is 9.31. The highest BCUT2D eigenvalue weighted by Gasteiger charge is 2.34. The second-order valence-electron chi connectivity index (χ2n) is 6.54. The summed E-state index contributed by atoms with van der Waals surface area (Å²) in [5.74, 6) is 1.41. The molecule has 2 aromatic rings. The van der Waals surface area contributed by atoms with Crippen LogP contribution in [0.25, 0.3) is 0 Å². The highest BCUT2D eigenvalue weighted by Crippen LogP contribution is 2.30. The lowest BCUT2D eigenvalue weighted by atomic mass is 10.2. The number of para-hydroxylation sites is 2. The Morgan fingerprint density at radius 1 is 0.931 bits per heavy atom. The lowest BCUT2D eigenvalue weighted by Gasteiger charge is -2.24. The van der Waals surface area contributed by atoms with Crippen LogP contribution in [0.3, 0.4) is 0 Å². The molecule has 1 heterocycles. The van der Waals surface area contributed by atoms with Crippen LogP contribution >= 0.6 is 0 Å². The Morgan fingerprint density at radius 3 is 2.38 bits per heavy atom. The van der Waals surface area contributed by atoms with Crippen molar-refractivity contribution < 1.29 is 23.8 Å². The second-order valence-corrected chi connectivity index (χ2v) is 6.54. The number of nitrogens with one attached hydrogen (secondary N) is 2. The number of hydrogen-bond donors (Lipinski definition) is 2. The Morgan fingerprint density at radius 2 is 1.66 bits per heavy atom. The van der Waals surface area contributed by atoms with Crippen LogP contribution in [0.1, 0.15) is 12.8 Å². The molecule has 8 heteroatoms. The number of carbonyl (C=O) groups is 2. The van der Waals surface area contributed by atoms with Gasteiger partial charge in [0.15, 0.2) is 11.5 Å². The van der Waals surface area contributed by atoms with E-state index in [0.717, 1.165) is 6.42 Å². The smallest absolute Gasteiger partial charge is 0.322 e. The van der Waals surface area contributed by atoms with Gasteiger partial charge in [-0.15, -0.1) is 0 Å². The molecule has 154 valence electrons. The summed E-state index contributed by atoms with van der Waals surface area (Å²) in [4.78, 5) is 27.2. The van der Waals surface area contributed by atoms with Gasteiger partial charge in [-0.3, -0.25) is 4.79 Å². The minimum Gasteiger partial charge on any atom is -0.495 e. The number of ether oxygens (including phenoxy) is 3. The lowest BCUT2D eigenvalue weighted by molar-refractivity contribution is -0.119. The molecule has 1 fully saturated rings. The lowest BCUT2D eigenvalue weighted by Crippen LogP contribution is -2.45. The number of methoxy groups -OCH3 is 3. The Bertz CT molecular complexity index is 886. The average molecular weight is 399 g/mol. The van der Waals surface area contributed by atoms with E-state index in [1.165, 1.54) is 7.11 Å². The summed E-state index contributed by atoms with van der Waals surface area (Å²) >= 11 is 0. The Balaban J connectivity index is 1.69. The molecule has 1 atom stereocenters. The molecule has 0 radical (unpaired) electrons. The van der Waals surface area contributed by atoms with Gasteiger partial charge in [-0.1, -0.05) is 12.1 Å². The molecule has 2 aromatic carbocycles. The van der Waals surface area contributed by atoms with Gasteiger partial charge in [0.2, 0.25) is 5.91 Å². The fourth-order valence-electron chi connectivity index (χ4n) is 3.36. The van der Waals surface area contributed by atoms with Gasteiger partial charge in [-0.25, -0.2) is 4.79 Å². The van der Waals surface area contributed by atoms with E-state index in [1.807, 2.05) is 12.1 Å². The quantitative estimate of drug-likeness (QED) is 0.778. The standard InChI is InChI=1S/C21H25N3O5/c1-27-17-9-5-4-7-15(17)23-21(26)24-12-6-8-16(24)20(25)22-14-10-11-18(28-2)19(13-14)29-3/h4-5,7,9-11,13,16H,6,8,12H2,1-3H3,(H,22,25)(H,23,26)/t16-/m0/s1. The van der Waals surface area contributed by atoms with Crippen molar-refractivity contribution in [2.24, 2.45) is 0 Å². The van der Waals surface area contributed by atoms with Gasteiger partial charge < -0.3 is 29.7 Å². The molecular weight excluding hydrogens is 374 g/mol. The zero-order valence-corrected chi connectivity index (χ0v) is 16.7. The van der Waals surface area contributed by atoms with Gasteiger partial charge in [0.1, 0.15) is 11.8 Å². The fourth-order valence-corrected chi connectivity index (χ4v) is 3.36. The van der Waals surface area contributed by atoms with Crippen molar-refractivity contribution in [1.82, 2.24) is 4.90 Å². The molecule has 0 aromatic heterocycles. The maximum Gasteiger partial charge on any atom is 0.322 e. The molecule has 29 heavy (non-hydrogen) atoms. The van der Waals surface area contributed by atoms with E-state index in [2.05, 4.69) is 10.6 Å². The van der Waals surface area contributed by atoms with Crippen molar-refractivity contribution >= 4 is 23.3 Å². The fraction of sp³-hybridized carbons (Fsp3) is 0.333. The summed E-state index contributed by atoms with van der Waals surface area (Å²) in [7, 11) is 4.62. The second kappa shape index (κ2) is 9.18. The van der Waals surface area contributed by atoms with Gasteiger partial charge in [0, 0.05) is 18.3 Å². The van der Waals surface area contributed by atoms with Crippen LogP contribution in [-0.2, 0) is 4.79 Å². The van der Waals surface area contributed by atoms with Crippen molar-refractivity contribution in [3.63, 3.8) is 0 Å². The maximum absolute atomic E-state index is 12.8. The predicted octanol–water partition coefficient (Wildman–Crippen LogP) is 3.35. The van der Waals surface area contributed by atoms with Crippen LogP contribution < -0.4 is 24.8 Å². The highest BCUT2D eigenvalue weighted by atomic mass is 16.5. The molecule has 2 N–H and O–H groups in total. The first kappa shape index (κ1) is 20.3. The summed E-state index contributed by atoms with van der Waals surface area (Å²) in [6.45, 7) is 0.505.